The van der Waals surface area contributed by atoms with Crippen LogP contribution in [0.3, 0.4) is 0 Å². The fourth-order valence-electron chi connectivity index (χ4n) is 3.81. The molecule has 2 aromatic carbocycles. The Morgan fingerprint density at radius 3 is 2.44 bits per heavy atom. The van der Waals surface area contributed by atoms with E-state index in [1.807, 2.05) is 6.07 Å². The molecular weight excluding hydrogens is 345 g/mol. The molecule has 140 valence electrons. The van der Waals surface area contributed by atoms with Gasteiger partial charge in [0, 0.05) is 24.6 Å². The molecule has 0 aromatic heterocycles. The van der Waals surface area contributed by atoms with Crippen molar-refractivity contribution < 1.29 is 14.0 Å². The molecule has 0 unspecified atom stereocenters. The van der Waals surface area contributed by atoms with Crippen LogP contribution in [0.4, 0.5) is 15.8 Å². The lowest BCUT2D eigenvalue weighted by atomic mass is 10.1. The first-order valence-corrected chi connectivity index (χ1v) is 9.28. The zero-order valence-electron chi connectivity index (χ0n) is 15.0. The minimum atomic E-state index is -0.519. The number of nitrogens with zero attached hydrogens (tertiary/aromatic N) is 1. The van der Waals surface area contributed by atoms with E-state index in [2.05, 4.69) is 10.2 Å². The topological polar surface area (TPSA) is 75.4 Å². The third kappa shape index (κ3) is 3.65. The first-order valence-electron chi connectivity index (χ1n) is 9.28. The molecule has 2 aromatic rings. The second-order valence-electron chi connectivity index (χ2n) is 7.28. The highest BCUT2D eigenvalue weighted by atomic mass is 19.1. The minimum Gasteiger partial charge on any atom is -0.370 e. The first kappa shape index (κ1) is 17.5. The summed E-state index contributed by atoms with van der Waals surface area (Å²) < 4.78 is 13.1. The Morgan fingerprint density at radius 1 is 1.07 bits per heavy atom. The van der Waals surface area contributed by atoms with Gasteiger partial charge in [0.1, 0.15) is 5.82 Å². The third-order valence-corrected chi connectivity index (χ3v) is 5.41. The van der Waals surface area contributed by atoms with Gasteiger partial charge in [-0.2, -0.15) is 0 Å². The molecule has 2 aliphatic rings. The SMILES string of the molecule is NC(=O)c1ccc(N2CCCC2)c(NC(=O)[C@H]2C[C@H]2c2ccc(F)cc2)c1. The molecule has 3 N–H and O–H groups in total. The highest BCUT2D eigenvalue weighted by Crippen LogP contribution is 2.48. The summed E-state index contributed by atoms with van der Waals surface area (Å²) >= 11 is 0. The summed E-state index contributed by atoms with van der Waals surface area (Å²) in [5, 5.41) is 2.99. The number of nitrogens with one attached hydrogen (secondary N) is 1. The summed E-state index contributed by atoms with van der Waals surface area (Å²) in [6, 6.07) is 11.5. The van der Waals surface area contributed by atoms with Crippen LogP contribution in [0.2, 0.25) is 0 Å². The summed E-state index contributed by atoms with van der Waals surface area (Å²) in [5.41, 5.74) is 8.30. The highest BCUT2D eigenvalue weighted by molar-refractivity contribution is 6.01. The molecule has 1 aliphatic carbocycles. The highest BCUT2D eigenvalue weighted by Gasteiger charge is 2.44. The first-order chi connectivity index (χ1) is 13.0. The van der Waals surface area contributed by atoms with Crippen LogP contribution in [0.5, 0.6) is 0 Å². The Balaban J connectivity index is 1.52. The molecule has 2 amide bonds. The number of carbonyl (C=O) groups excluding carboxylic acids is 2. The Labute approximate surface area is 157 Å². The summed E-state index contributed by atoms with van der Waals surface area (Å²) in [7, 11) is 0. The molecule has 5 nitrogen and oxygen atoms in total. The van der Waals surface area contributed by atoms with Gasteiger partial charge in [-0.15, -0.1) is 0 Å². The van der Waals surface area contributed by atoms with Gasteiger partial charge in [0.2, 0.25) is 11.8 Å². The third-order valence-electron chi connectivity index (χ3n) is 5.41. The van der Waals surface area contributed by atoms with Crippen molar-refractivity contribution in [3.63, 3.8) is 0 Å². The molecule has 6 heteroatoms. The predicted molar refractivity (Wildman–Crippen MR) is 102 cm³/mol. The summed E-state index contributed by atoms with van der Waals surface area (Å²) in [6.07, 6.45) is 2.96. The largest absolute Gasteiger partial charge is 0.370 e. The number of amides is 2. The van der Waals surface area contributed by atoms with Crippen LogP contribution in [0.1, 0.15) is 41.1 Å². The molecule has 0 bridgehead atoms. The van der Waals surface area contributed by atoms with Gasteiger partial charge in [0.05, 0.1) is 11.4 Å². The van der Waals surface area contributed by atoms with E-state index < -0.39 is 5.91 Å². The van der Waals surface area contributed by atoms with Crippen molar-refractivity contribution in [2.45, 2.75) is 25.2 Å². The standard InChI is InChI=1S/C21H22FN3O2/c22-15-6-3-13(4-7-15)16-12-17(16)21(27)24-18-11-14(20(23)26)5-8-19(18)25-9-1-2-10-25/h3-8,11,16-17H,1-2,9-10,12H2,(H2,23,26)(H,24,27)/t16-,17-/m0/s1. The average Bonchev–Trinajstić information content (AvgIpc) is 3.27. The maximum absolute atomic E-state index is 13.1. The van der Waals surface area contributed by atoms with E-state index in [1.54, 1.807) is 24.3 Å². The van der Waals surface area contributed by atoms with Crippen molar-refractivity contribution in [2.24, 2.45) is 11.7 Å². The van der Waals surface area contributed by atoms with Gasteiger partial charge in [0.15, 0.2) is 0 Å². The van der Waals surface area contributed by atoms with Crippen LogP contribution < -0.4 is 16.0 Å². The molecule has 1 saturated carbocycles. The lowest BCUT2D eigenvalue weighted by molar-refractivity contribution is -0.117. The smallest absolute Gasteiger partial charge is 0.248 e. The van der Waals surface area contributed by atoms with E-state index in [0.717, 1.165) is 43.6 Å². The molecule has 2 fully saturated rings. The van der Waals surface area contributed by atoms with Crippen LogP contribution in [-0.2, 0) is 4.79 Å². The van der Waals surface area contributed by atoms with E-state index >= 15 is 0 Å². The number of hydrogen-bond donors (Lipinski definition) is 2. The van der Waals surface area contributed by atoms with Gasteiger partial charge in [0.25, 0.3) is 0 Å². The van der Waals surface area contributed by atoms with E-state index in [1.165, 1.54) is 12.1 Å². The fourth-order valence-corrected chi connectivity index (χ4v) is 3.81. The lowest BCUT2D eigenvalue weighted by Crippen LogP contribution is -2.23. The molecular formula is C21H22FN3O2. The number of halogens is 1. The quantitative estimate of drug-likeness (QED) is 0.852. The molecule has 0 radical (unpaired) electrons. The number of hydrogen-bond acceptors (Lipinski definition) is 3. The second-order valence-corrected chi connectivity index (χ2v) is 7.28. The number of rotatable bonds is 5. The second kappa shape index (κ2) is 7.02. The van der Waals surface area contributed by atoms with Crippen molar-refractivity contribution in [1.29, 1.82) is 0 Å². The van der Waals surface area contributed by atoms with E-state index in [-0.39, 0.29) is 23.6 Å². The predicted octanol–water partition coefficient (Wildman–Crippen LogP) is 3.27. The Morgan fingerprint density at radius 2 is 1.78 bits per heavy atom. The maximum Gasteiger partial charge on any atom is 0.248 e. The van der Waals surface area contributed by atoms with E-state index in [0.29, 0.717) is 11.3 Å². The van der Waals surface area contributed by atoms with Crippen molar-refractivity contribution in [3.8, 4) is 0 Å². The monoisotopic (exact) mass is 367 g/mol. The molecule has 2 atom stereocenters. The fraction of sp³-hybridized carbons (Fsp3) is 0.333. The molecule has 1 saturated heterocycles. The van der Waals surface area contributed by atoms with Crippen molar-refractivity contribution in [1.82, 2.24) is 0 Å². The van der Waals surface area contributed by atoms with Crippen molar-refractivity contribution in [2.75, 3.05) is 23.3 Å². The van der Waals surface area contributed by atoms with Crippen molar-refractivity contribution >= 4 is 23.2 Å². The number of benzene rings is 2. The van der Waals surface area contributed by atoms with Crippen LogP contribution in [0.15, 0.2) is 42.5 Å². The summed E-state index contributed by atoms with van der Waals surface area (Å²) in [6.45, 7) is 1.86. The number of anilines is 2. The van der Waals surface area contributed by atoms with Crippen LogP contribution >= 0.6 is 0 Å². The Hall–Kier alpha value is -2.89. The van der Waals surface area contributed by atoms with Gasteiger partial charge >= 0.3 is 0 Å². The lowest BCUT2D eigenvalue weighted by Gasteiger charge is -2.22. The van der Waals surface area contributed by atoms with Gasteiger partial charge in [-0.25, -0.2) is 4.39 Å². The molecule has 0 spiro atoms. The van der Waals surface area contributed by atoms with Crippen LogP contribution in [0, 0.1) is 11.7 Å². The van der Waals surface area contributed by atoms with Crippen molar-refractivity contribution in [3.05, 3.63) is 59.4 Å². The summed E-state index contributed by atoms with van der Waals surface area (Å²) in [5.74, 6) is -0.904. The molecule has 27 heavy (non-hydrogen) atoms. The minimum absolute atomic E-state index is 0.0774. The number of nitrogens with two attached hydrogens (primary N) is 1. The summed E-state index contributed by atoms with van der Waals surface area (Å²) in [4.78, 5) is 26.5. The number of carbonyl (C=O) groups is 2. The average molecular weight is 367 g/mol. The normalized spacial score (nSPS) is 21.1. The number of primary amides is 1. The molecule has 4 rings (SSSR count). The van der Waals surface area contributed by atoms with Gasteiger partial charge in [-0.1, -0.05) is 12.1 Å². The maximum atomic E-state index is 13.1. The van der Waals surface area contributed by atoms with Crippen LogP contribution in [-0.4, -0.2) is 24.9 Å². The van der Waals surface area contributed by atoms with Gasteiger partial charge in [-0.3, -0.25) is 9.59 Å². The Bertz CT molecular complexity index is 875. The van der Waals surface area contributed by atoms with E-state index in [4.69, 9.17) is 5.73 Å². The molecule has 1 heterocycles. The Kier molecular flexibility index (Phi) is 4.56. The zero-order valence-corrected chi connectivity index (χ0v) is 15.0. The van der Waals surface area contributed by atoms with Crippen LogP contribution in [0.25, 0.3) is 0 Å². The molecule has 1 aliphatic heterocycles. The van der Waals surface area contributed by atoms with Gasteiger partial charge in [-0.05, 0) is 61.1 Å². The van der Waals surface area contributed by atoms with Gasteiger partial charge < -0.3 is 16.0 Å². The zero-order chi connectivity index (χ0) is 19.0. The van der Waals surface area contributed by atoms with E-state index in [9.17, 15) is 14.0 Å².